The molecule has 3 N–H and O–H groups in total. The zero-order valence-electron chi connectivity index (χ0n) is 21.7. The molecule has 5 heterocycles. The number of nitrogens with zero attached hydrogens (tertiary/aromatic N) is 6. The SMILES string of the molecule is Fc1ccc2[nH]c(CNc3nc(N4CCOCC4)nc4c3ncn4CCc3ccoc3)nc2c1F.O=C(O)C(F)(F)F. The summed E-state index contributed by atoms with van der Waals surface area (Å²) in [6, 6.07) is 4.47. The van der Waals surface area contributed by atoms with Crippen LogP contribution >= 0.6 is 0 Å². The number of H-pyrrole nitrogens is 1. The Morgan fingerprint density at radius 1 is 1.10 bits per heavy atom. The molecule has 42 heavy (non-hydrogen) atoms. The topological polar surface area (TPSA) is 147 Å². The molecule has 0 bridgehead atoms. The van der Waals surface area contributed by atoms with Crippen LogP contribution in [0.3, 0.4) is 0 Å². The lowest BCUT2D eigenvalue weighted by Crippen LogP contribution is -2.37. The van der Waals surface area contributed by atoms with Gasteiger partial charge < -0.3 is 34.0 Å². The molecule has 0 saturated carbocycles. The summed E-state index contributed by atoms with van der Waals surface area (Å²) in [6.07, 6.45) is 0.804. The number of morpholine rings is 1. The number of nitrogens with one attached hydrogen (secondary N) is 2. The molecule has 0 atom stereocenters. The van der Waals surface area contributed by atoms with Crippen LogP contribution in [0, 0.1) is 11.6 Å². The lowest BCUT2D eigenvalue weighted by Gasteiger charge is -2.27. The van der Waals surface area contributed by atoms with Crippen molar-refractivity contribution < 1.29 is 41.0 Å². The smallest absolute Gasteiger partial charge is 0.475 e. The van der Waals surface area contributed by atoms with Crippen molar-refractivity contribution in [3.8, 4) is 0 Å². The van der Waals surface area contributed by atoms with E-state index >= 15 is 0 Å². The van der Waals surface area contributed by atoms with Gasteiger partial charge in [-0.15, -0.1) is 0 Å². The molecule has 0 radical (unpaired) electrons. The van der Waals surface area contributed by atoms with Gasteiger partial charge in [0.05, 0.1) is 44.1 Å². The molecule has 5 aromatic rings. The van der Waals surface area contributed by atoms with E-state index in [1.807, 2.05) is 10.6 Å². The second-order valence-electron chi connectivity index (χ2n) is 9.06. The standard InChI is InChI=1S/C23H22F2N8O2.C2HF3O2/c24-15-1-2-16-19(18(15)25)29-17(28-16)11-26-21-20-22(31-23(30-21)32-6-9-34-10-7-32)33(13-27-20)5-3-14-4-8-35-12-14;3-2(4,5)1(6)7/h1-2,4,8,12-13H,3,5-7,9-11H2,(H,28,29)(H,26,30,31);(H,6,7). The minimum atomic E-state index is -5.08. The summed E-state index contributed by atoms with van der Waals surface area (Å²) >= 11 is 0. The Balaban J connectivity index is 0.000000451. The number of aryl methyl sites for hydroxylation is 2. The highest BCUT2D eigenvalue weighted by molar-refractivity contribution is 5.84. The summed E-state index contributed by atoms with van der Waals surface area (Å²) in [5, 5.41) is 10.4. The third kappa shape index (κ3) is 6.40. The van der Waals surface area contributed by atoms with Gasteiger partial charge in [0.25, 0.3) is 0 Å². The Hall–Kier alpha value is -4.80. The van der Waals surface area contributed by atoms with E-state index < -0.39 is 23.8 Å². The van der Waals surface area contributed by atoms with Gasteiger partial charge in [0, 0.05) is 19.6 Å². The number of benzene rings is 1. The Labute approximate surface area is 233 Å². The normalized spacial score (nSPS) is 13.8. The number of furan rings is 1. The van der Waals surface area contributed by atoms with Crippen LogP contribution in [0.4, 0.5) is 33.7 Å². The maximum Gasteiger partial charge on any atom is 0.490 e. The molecule has 12 nitrogen and oxygen atoms in total. The lowest BCUT2D eigenvalue weighted by molar-refractivity contribution is -0.192. The molecular formula is C25H23F5N8O4. The Morgan fingerprint density at radius 2 is 1.86 bits per heavy atom. The van der Waals surface area contributed by atoms with Gasteiger partial charge in [-0.25, -0.2) is 23.5 Å². The monoisotopic (exact) mass is 594 g/mol. The molecule has 0 aliphatic carbocycles. The van der Waals surface area contributed by atoms with E-state index in [1.54, 1.807) is 18.9 Å². The van der Waals surface area contributed by atoms with Gasteiger partial charge in [0.2, 0.25) is 5.95 Å². The zero-order valence-corrected chi connectivity index (χ0v) is 21.7. The van der Waals surface area contributed by atoms with E-state index in [4.69, 9.17) is 29.0 Å². The molecule has 1 aromatic carbocycles. The van der Waals surface area contributed by atoms with E-state index in [0.717, 1.165) is 18.1 Å². The largest absolute Gasteiger partial charge is 0.490 e. The number of fused-ring (bicyclic) bond motifs is 2. The number of rotatable bonds is 7. The van der Waals surface area contributed by atoms with Gasteiger partial charge in [-0.05, 0) is 30.2 Å². The fourth-order valence-corrected chi connectivity index (χ4v) is 4.13. The maximum atomic E-state index is 14.1. The van der Waals surface area contributed by atoms with Crippen molar-refractivity contribution in [1.82, 2.24) is 29.5 Å². The lowest BCUT2D eigenvalue weighted by atomic mass is 10.2. The first-order valence-electron chi connectivity index (χ1n) is 12.5. The molecule has 0 unspecified atom stereocenters. The molecule has 0 spiro atoms. The van der Waals surface area contributed by atoms with E-state index in [-0.39, 0.29) is 12.1 Å². The Morgan fingerprint density at radius 3 is 2.55 bits per heavy atom. The minimum Gasteiger partial charge on any atom is -0.475 e. The molecule has 6 rings (SSSR count). The first kappa shape index (κ1) is 28.7. The predicted octanol–water partition coefficient (Wildman–Crippen LogP) is 3.90. The van der Waals surface area contributed by atoms with Crippen LogP contribution in [0.5, 0.6) is 0 Å². The van der Waals surface area contributed by atoms with Crippen LogP contribution in [-0.2, 0) is 29.0 Å². The molecule has 1 aliphatic heterocycles. The molecular weight excluding hydrogens is 571 g/mol. The van der Waals surface area contributed by atoms with Crippen molar-refractivity contribution >= 4 is 39.9 Å². The summed E-state index contributed by atoms with van der Waals surface area (Å²) in [7, 11) is 0. The van der Waals surface area contributed by atoms with Crippen molar-refractivity contribution in [3.05, 3.63) is 60.1 Å². The maximum absolute atomic E-state index is 14.1. The number of alkyl halides is 3. The third-order valence-electron chi connectivity index (χ3n) is 6.23. The number of anilines is 2. The van der Waals surface area contributed by atoms with Crippen LogP contribution in [0.1, 0.15) is 11.4 Å². The fourth-order valence-electron chi connectivity index (χ4n) is 4.13. The number of hydrogen-bond acceptors (Lipinski definition) is 9. The van der Waals surface area contributed by atoms with Gasteiger partial charge >= 0.3 is 12.1 Å². The number of aromatic nitrogens is 6. The third-order valence-corrected chi connectivity index (χ3v) is 6.23. The average Bonchev–Trinajstić information content (AvgIpc) is 3.73. The molecule has 1 saturated heterocycles. The summed E-state index contributed by atoms with van der Waals surface area (Å²) in [5.74, 6) is -3.11. The van der Waals surface area contributed by atoms with Gasteiger partial charge in [-0.3, -0.25) is 0 Å². The Bertz CT molecular complexity index is 1680. The highest BCUT2D eigenvalue weighted by atomic mass is 19.4. The highest BCUT2D eigenvalue weighted by Gasteiger charge is 2.38. The zero-order chi connectivity index (χ0) is 29.9. The second kappa shape index (κ2) is 12.0. The second-order valence-corrected chi connectivity index (χ2v) is 9.06. The van der Waals surface area contributed by atoms with Crippen LogP contribution in [0.2, 0.25) is 0 Å². The van der Waals surface area contributed by atoms with Crippen molar-refractivity contribution in [2.75, 3.05) is 36.5 Å². The number of hydrogen-bond donors (Lipinski definition) is 3. The van der Waals surface area contributed by atoms with Crippen LogP contribution in [0.15, 0.2) is 41.5 Å². The van der Waals surface area contributed by atoms with Crippen LogP contribution < -0.4 is 10.2 Å². The number of ether oxygens (including phenoxy) is 1. The van der Waals surface area contributed by atoms with Gasteiger partial charge in [-0.2, -0.15) is 23.1 Å². The van der Waals surface area contributed by atoms with Crippen molar-refractivity contribution in [2.45, 2.75) is 25.7 Å². The number of imidazole rings is 2. The summed E-state index contributed by atoms with van der Waals surface area (Å²) < 4.78 is 72.0. The molecule has 0 amide bonds. The molecule has 1 fully saturated rings. The van der Waals surface area contributed by atoms with Gasteiger partial charge in [0.15, 0.2) is 28.6 Å². The van der Waals surface area contributed by atoms with Crippen molar-refractivity contribution in [3.63, 3.8) is 0 Å². The van der Waals surface area contributed by atoms with E-state index in [9.17, 15) is 22.0 Å². The van der Waals surface area contributed by atoms with E-state index in [1.165, 1.54) is 6.07 Å². The average molecular weight is 595 g/mol. The molecule has 17 heteroatoms. The number of carboxylic acid groups (broad SMARTS) is 1. The Kier molecular flexibility index (Phi) is 8.19. The first-order valence-corrected chi connectivity index (χ1v) is 12.5. The van der Waals surface area contributed by atoms with E-state index in [0.29, 0.717) is 67.1 Å². The number of aliphatic carboxylic acids is 1. The highest BCUT2D eigenvalue weighted by Crippen LogP contribution is 2.25. The van der Waals surface area contributed by atoms with Crippen molar-refractivity contribution in [2.24, 2.45) is 0 Å². The number of carboxylic acids is 1. The molecule has 1 aliphatic rings. The number of halogens is 5. The fraction of sp³-hybridized carbons (Fsp3) is 0.320. The van der Waals surface area contributed by atoms with Crippen molar-refractivity contribution in [1.29, 1.82) is 0 Å². The summed E-state index contributed by atoms with van der Waals surface area (Å²) in [6.45, 7) is 3.46. The van der Waals surface area contributed by atoms with E-state index in [2.05, 4.69) is 25.2 Å². The van der Waals surface area contributed by atoms with Crippen LogP contribution in [0.25, 0.3) is 22.2 Å². The molecule has 4 aromatic heterocycles. The van der Waals surface area contributed by atoms with Gasteiger partial charge in [0.1, 0.15) is 11.3 Å². The first-order chi connectivity index (χ1) is 20.1. The minimum absolute atomic E-state index is 0.0350. The summed E-state index contributed by atoms with van der Waals surface area (Å²) in [5.41, 5.74) is 2.78. The van der Waals surface area contributed by atoms with Crippen LogP contribution in [-0.4, -0.2) is 73.0 Å². The predicted molar refractivity (Wildman–Crippen MR) is 138 cm³/mol. The molecule has 222 valence electrons. The number of carbonyl (C=O) groups is 1. The summed E-state index contributed by atoms with van der Waals surface area (Å²) in [4.78, 5) is 32.3. The van der Waals surface area contributed by atoms with Gasteiger partial charge in [-0.1, -0.05) is 0 Å². The quantitative estimate of drug-likeness (QED) is 0.237. The number of aromatic amines is 1.